The topological polar surface area (TPSA) is 92.3 Å². The molecule has 28 heavy (non-hydrogen) atoms. The van der Waals surface area contributed by atoms with Crippen molar-refractivity contribution in [2.75, 3.05) is 11.9 Å². The maximum atomic E-state index is 13.4. The quantitative estimate of drug-likeness (QED) is 0.695. The number of carbonyl (C=O) groups is 1. The first-order chi connectivity index (χ1) is 13.4. The minimum Gasteiger partial charge on any atom is -0.325 e. The molecule has 1 N–H and O–H groups in total. The van der Waals surface area contributed by atoms with Crippen LogP contribution in [0.25, 0.3) is 11.0 Å². The lowest BCUT2D eigenvalue weighted by Gasteiger charge is -2.23. The van der Waals surface area contributed by atoms with E-state index in [1.54, 1.807) is 12.1 Å². The third kappa shape index (κ3) is 3.25. The van der Waals surface area contributed by atoms with Crippen molar-refractivity contribution in [2.45, 2.75) is 23.8 Å². The van der Waals surface area contributed by atoms with E-state index in [9.17, 15) is 22.0 Å². The van der Waals surface area contributed by atoms with Gasteiger partial charge in [-0.1, -0.05) is 6.07 Å². The van der Waals surface area contributed by atoms with E-state index in [1.165, 1.54) is 12.1 Å². The summed E-state index contributed by atoms with van der Waals surface area (Å²) >= 11 is 0.909. The van der Waals surface area contributed by atoms with Crippen molar-refractivity contribution in [3.63, 3.8) is 0 Å². The molecule has 1 saturated heterocycles. The monoisotopic (exact) mass is 424 g/mol. The second kappa shape index (κ2) is 7.15. The van der Waals surface area contributed by atoms with Crippen LogP contribution in [0.3, 0.4) is 0 Å². The van der Waals surface area contributed by atoms with Gasteiger partial charge in [-0.15, -0.1) is 0 Å². The Hall–Kier alpha value is -2.50. The van der Waals surface area contributed by atoms with Crippen LogP contribution < -0.4 is 5.32 Å². The average molecular weight is 424 g/mol. The Labute approximate surface area is 163 Å². The highest BCUT2D eigenvalue weighted by atomic mass is 32.2. The van der Waals surface area contributed by atoms with Crippen molar-refractivity contribution in [3.8, 4) is 0 Å². The molecule has 11 heteroatoms. The number of sulfonamides is 1. The molecule has 4 rings (SSSR count). The first-order valence-corrected chi connectivity index (χ1v) is 10.5. The van der Waals surface area contributed by atoms with Gasteiger partial charge in [-0.2, -0.15) is 13.1 Å². The summed E-state index contributed by atoms with van der Waals surface area (Å²) in [5, 5.41) is 2.46. The molecule has 1 fully saturated rings. The fraction of sp³-hybridized carbons (Fsp3) is 0.235. The van der Waals surface area contributed by atoms with Gasteiger partial charge in [-0.3, -0.25) is 4.79 Å². The zero-order valence-electron chi connectivity index (χ0n) is 14.3. The summed E-state index contributed by atoms with van der Waals surface area (Å²) in [5.74, 6) is -2.74. The van der Waals surface area contributed by atoms with Crippen LogP contribution in [0.5, 0.6) is 0 Å². The van der Waals surface area contributed by atoms with Gasteiger partial charge in [0.1, 0.15) is 22.0 Å². The van der Waals surface area contributed by atoms with Crippen LogP contribution in [0.15, 0.2) is 41.3 Å². The summed E-state index contributed by atoms with van der Waals surface area (Å²) in [6.45, 7) is 0.173. The number of hydrogen-bond acceptors (Lipinski definition) is 6. The molecule has 1 aromatic heterocycles. The lowest BCUT2D eigenvalue weighted by atomic mass is 10.2. The zero-order chi connectivity index (χ0) is 19.9. The van der Waals surface area contributed by atoms with Crippen molar-refractivity contribution in [1.82, 2.24) is 13.1 Å². The molecule has 1 aliphatic rings. The van der Waals surface area contributed by atoms with Gasteiger partial charge < -0.3 is 5.32 Å². The summed E-state index contributed by atoms with van der Waals surface area (Å²) in [6.07, 6.45) is 0.820. The molecule has 0 saturated carbocycles. The van der Waals surface area contributed by atoms with Gasteiger partial charge in [-0.05, 0) is 37.1 Å². The van der Waals surface area contributed by atoms with E-state index in [0.717, 1.165) is 28.2 Å². The maximum absolute atomic E-state index is 13.4. The molecule has 0 bridgehead atoms. The first kappa shape index (κ1) is 18.8. The number of nitrogens with zero attached hydrogens (tertiary/aromatic N) is 3. The lowest BCUT2D eigenvalue weighted by molar-refractivity contribution is -0.119. The van der Waals surface area contributed by atoms with E-state index in [2.05, 4.69) is 14.1 Å². The average Bonchev–Trinajstić information content (AvgIpc) is 3.33. The van der Waals surface area contributed by atoms with Gasteiger partial charge in [-0.25, -0.2) is 17.2 Å². The molecule has 2 heterocycles. The van der Waals surface area contributed by atoms with E-state index < -0.39 is 33.6 Å². The van der Waals surface area contributed by atoms with Gasteiger partial charge in [0.2, 0.25) is 15.9 Å². The predicted molar refractivity (Wildman–Crippen MR) is 99.3 cm³/mol. The number of aromatic nitrogens is 2. The molecule has 1 aliphatic heterocycles. The second-order valence-corrected chi connectivity index (χ2v) is 8.67. The highest BCUT2D eigenvalue weighted by Crippen LogP contribution is 2.30. The van der Waals surface area contributed by atoms with Gasteiger partial charge in [0.25, 0.3) is 0 Å². The molecule has 0 unspecified atom stereocenters. The van der Waals surface area contributed by atoms with Gasteiger partial charge in [0, 0.05) is 18.3 Å². The highest BCUT2D eigenvalue weighted by Gasteiger charge is 2.40. The summed E-state index contributed by atoms with van der Waals surface area (Å²) in [7, 11) is -3.99. The van der Waals surface area contributed by atoms with Crippen LogP contribution in [-0.2, 0) is 14.8 Å². The minimum absolute atomic E-state index is 0.00808. The lowest BCUT2D eigenvalue weighted by Crippen LogP contribution is -2.43. The molecule has 1 amide bonds. The molecular weight excluding hydrogens is 410 g/mol. The maximum Gasteiger partial charge on any atom is 0.246 e. The molecule has 0 radical (unpaired) electrons. The molecule has 1 atom stereocenters. The smallest absolute Gasteiger partial charge is 0.246 e. The van der Waals surface area contributed by atoms with Crippen LogP contribution in [0.1, 0.15) is 12.8 Å². The van der Waals surface area contributed by atoms with E-state index in [-0.39, 0.29) is 22.6 Å². The SMILES string of the molecule is O=C(Nc1ccc(F)c(F)c1)[C@@H]1CCCN1S(=O)(=O)c1cccc2nsnc12. The van der Waals surface area contributed by atoms with E-state index in [1.807, 2.05) is 0 Å². The predicted octanol–water partition coefficient (Wildman–Crippen LogP) is 2.76. The second-order valence-electron chi connectivity index (χ2n) is 6.28. The Morgan fingerprint density at radius 3 is 2.79 bits per heavy atom. The van der Waals surface area contributed by atoms with Crippen LogP contribution in [0.4, 0.5) is 14.5 Å². The summed E-state index contributed by atoms with van der Waals surface area (Å²) < 4.78 is 62.0. The first-order valence-electron chi connectivity index (χ1n) is 8.37. The van der Waals surface area contributed by atoms with Crippen LogP contribution in [0, 0.1) is 11.6 Å². The molecule has 0 spiro atoms. The highest BCUT2D eigenvalue weighted by molar-refractivity contribution is 7.89. The number of halogens is 2. The number of anilines is 1. The van der Waals surface area contributed by atoms with Crippen LogP contribution in [-0.4, -0.2) is 40.0 Å². The van der Waals surface area contributed by atoms with E-state index >= 15 is 0 Å². The van der Waals surface area contributed by atoms with Gasteiger partial charge in [0.05, 0.1) is 11.7 Å². The minimum atomic E-state index is -3.99. The number of fused-ring (bicyclic) bond motifs is 1. The zero-order valence-corrected chi connectivity index (χ0v) is 15.9. The fourth-order valence-electron chi connectivity index (χ4n) is 3.21. The standard InChI is InChI=1S/C17H14F2N4O3S2/c18-11-7-6-10(9-12(11)19)20-17(24)14-4-2-8-23(14)28(25,26)15-5-1-3-13-16(15)22-27-21-13/h1,3,5-7,9,14H,2,4,8H2,(H,20,24)/t14-/m0/s1. The number of amides is 1. The summed E-state index contributed by atoms with van der Waals surface area (Å²) in [4.78, 5) is 12.6. The Bertz CT molecular complexity index is 1170. The van der Waals surface area contributed by atoms with Crippen molar-refractivity contribution in [2.24, 2.45) is 0 Å². The van der Waals surface area contributed by atoms with Crippen LogP contribution in [0.2, 0.25) is 0 Å². The number of nitrogens with one attached hydrogen (secondary N) is 1. The normalized spacial score (nSPS) is 17.9. The Kier molecular flexibility index (Phi) is 4.81. The van der Waals surface area contributed by atoms with Crippen molar-refractivity contribution >= 4 is 44.4 Å². The summed E-state index contributed by atoms with van der Waals surface area (Å²) in [6, 6.07) is 6.67. The van der Waals surface area contributed by atoms with E-state index in [0.29, 0.717) is 18.4 Å². The number of rotatable bonds is 4. The number of hydrogen-bond donors (Lipinski definition) is 1. The summed E-state index contributed by atoms with van der Waals surface area (Å²) in [5.41, 5.74) is 0.783. The number of benzene rings is 2. The molecule has 146 valence electrons. The van der Waals surface area contributed by atoms with Crippen molar-refractivity contribution < 1.29 is 22.0 Å². The van der Waals surface area contributed by atoms with E-state index in [4.69, 9.17) is 0 Å². The Balaban J connectivity index is 1.63. The van der Waals surface area contributed by atoms with Crippen molar-refractivity contribution in [1.29, 1.82) is 0 Å². The largest absolute Gasteiger partial charge is 0.325 e. The Morgan fingerprint density at radius 2 is 2.00 bits per heavy atom. The van der Waals surface area contributed by atoms with Gasteiger partial charge in [0.15, 0.2) is 11.6 Å². The van der Waals surface area contributed by atoms with Crippen LogP contribution >= 0.6 is 11.7 Å². The molecule has 0 aliphatic carbocycles. The molecular formula is C17H14F2N4O3S2. The number of carbonyl (C=O) groups excluding carboxylic acids is 1. The third-order valence-corrected chi connectivity index (χ3v) is 7.01. The molecule has 2 aromatic carbocycles. The fourth-order valence-corrected chi connectivity index (χ4v) is 5.62. The molecule has 7 nitrogen and oxygen atoms in total. The Morgan fingerprint density at radius 1 is 1.18 bits per heavy atom. The van der Waals surface area contributed by atoms with Crippen molar-refractivity contribution in [3.05, 3.63) is 48.0 Å². The van der Waals surface area contributed by atoms with Gasteiger partial charge >= 0.3 is 0 Å². The molecule has 3 aromatic rings. The third-order valence-electron chi connectivity index (χ3n) is 4.53.